The summed E-state index contributed by atoms with van der Waals surface area (Å²) in [5, 5.41) is 0. The van der Waals surface area contributed by atoms with E-state index in [2.05, 4.69) is 26.3 Å². The predicted octanol–water partition coefficient (Wildman–Crippen LogP) is 12.5. The number of ether oxygens (including phenoxy) is 4. The highest BCUT2D eigenvalue weighted by atomic mass is 16.6. The van der Waals surface area contributed by atoms with Gasteiger partial charge in [0.05, 0.1) is 0 Å². The van der Waals surface area contributed by atoms with Crippen molar-refractivity contribution < 1.29 is 38.1 Å². The molecule has 0 aromatic carbocycles. The Morgan fingerprint density at radius 1 is 0.344 bits per heavy atom. The van der Waals surface area contributed by atoms with Crippen molar-refractivity contribution in [3.8, 4) is 0 Å². The summed E-state index contributed by atoms with van der Waals surface area (Å²) >= 11 is 0. The van der Waals surface area contributed by atoms with Crippen LogP contribution in [0.15, 0.2) is 50.6 Å². The molecule has 0 aromatic rings. The molecule has 0 N–H and O–H groups in total. The highest BCUT2D eigenvalue weighted by Gasteiger charge is 2.69. The fraction of sp³-hybridized carbons (Fsp3) is 0.786. The van der Waals surface area contributed by atoms with Gasteiger partial charge >= 0.3 is 23.9 Å². The van der Waals surface area contributed by atoms with Crippen molar-refractivity contribution >= 4 is 23.9 Å². The van der Waals surface area contributed by atoms with E-state index in [0.717, 1.165) is 103 Å². The molecule has 0 aromatic heterocycles. The highest BCUT2D eigenvalue weighted by molar-refractivity contribution is 5.84. The first-order chi connectivity index (χ1) is 31.1. The summed E-state index contributed by atoms with van der Waals surface area (Å²) in [6.45, 7) is 15.7. The molecule has 0 saturated heterocycles. The minimum Gasteiger partial charge on any atom is -0.451 e. The summed E-state index contributed by atoms with van der Waals surface area (Å²) in [5.41, 5.74) is -2.84. The smallest absolute Gasteiger partial charge is 0.330 e. The van der Waals surface area contributed by atoms with Gasteiger partial charge in [0.25, 0.3) is 0 Å². The molecule has 8 aliphatic rings. The summed E-state index contributed by atoms with van der Waals surface area (Å²) in [7, 11) is 0. The average Bonchev–Trinajstić information content (AvgIpc) is 3.35. The maximum absolute atomic E-state index is 14.5. The number of esters is 4. The molecule has 8 rings (SSSR count). The Balaban J connectivity index is 1.38. The third-order valence-electron chi connectivity index (χ3n) is 19.6. The topological polar surface area (TPSA) is 105 Å². The minimum absolute atomic E-state index is 0.204. The summed E-state index contributed by atoms with van der Waals surface area (Å²) in [6, 6.07) is 0. The van der Waals surface area contributed by atoms with E-state index in [0.29, 0.717) is 47.3 Å². The van der Waals surface area contributed by atoms with Crippen LogP contribution in [0.2, 0.25) is 0 Å². The Kier molecular flexibility index (Phi) is 15.7. The summed E-state index contributed by atoms with van der Waals surface area (Å²) < 4.78 is 28.5. The Morgan fingerprint density at radius 3 is 0.812 bits per heavy atom. The van der Waals surface area contributed by atoms with Gasteiger partial charge in [0.1, 0.15) is 0 Å². The zero-order chi connectivity index (χ0) is 44.8. The largest absolute Gasteiger partial charge is 0.451 e. The number of hydrogen-bond donors (Lipinski definition) is 0. The lowest BCUT2D eigenvalue weighted by atomic mass is 9.52. The second kappa shape index (κ2) is 21.2. The van der Waals surface area contributed by atoms with Gasteiger partial charge in [0, 0.05) is 48.0 Å². The predicted molar refractivity (Wildman–Crippen MR) is 249 cm³/mol. The van der Waals surface area contributed by atoms with E-state index < -0.39 is 47.3 Å². The van der Waals surface area contributed by atoms with Gasteiger partial charge < -0.3 is 18.9 Å². The van der Waals surface area contributed by atoms with Crippen molar-refractivity contribution in [2.75, 3.05) is 0 Å². The van der Waals surface area contributed by atoms with Crippen LogP contribution in [0.1, 0.15) is 180 Å². The maximum atomic E-state index is 14.5. The maximum Gasteiger partial charge on any atom is 0.330 e. The number of rotatable bonds is 15. The first kappa shape index (κ1) is 47.3. The zero-order valence-electron chi connectivity index (χ0n) is 39.3. The van der Waals surface area contributed by atoms with Gasteiger partial charge in [0.15, 0.2) is 23.4 Å². The van der Waals surface area contributed by atoms with E-state index >= 15 is 0 Å². The van der Waals surface area contributed by atoms with Gasteiger partial charge in [-0.05, 0) is 124 Å². The van der Waals surface area contributed by atoms with Crippen molar-refractivity contribution in [2.24, 2.45) is 71.0 Å². The molecular formula is C56H82O8. The molecule has 8 nitrogen and oxygen atoms in total. The molecule has 0 bridgehead atoms. The molecule has 0 heterocycles. The molecule has 0 aliphatic heterocycles. The zero-order valence-corrected chi connectivity index (χ0v) is 39.3. The second-order valence-electron chi connectivity index (χ2n) is 22.3. The van der Waals surface area contributed by atoms with E-state index in [4.69, 9.17) is 18.9 Å². The molecule has 0 spiro atoms. The Morgan fingerprint density at radius 2 is 0.578 bits per heavy atom. The Bertz CT molecular complexity index is 1510. The lowest BCUT2D eigenvalue weighted by Crippen LogP contribution is -2.72. The lowest BCUT2D eigenvalue weighted by molar-refractivity contribution is -0.278. The van der Waals surface area contributed by atoms with Gasteiger partial charge in [-0.3, -0.25) is 0 Å². The van der Waals surface area contributed by atoms with Crippen LogP contribution in [0.5, 0.6) is 0 Å². The number of carbonyl (C=O) groups excluding carboxylic acids is 4. The Labute approximate surface area is 385 Å². The first-order valence-electron chi connectivity index (χ1n) is 26.5. The molecule has 0 amide bonds. The Hall–Kier alpha value is -3.16. The number of hydrogen-bond acceptors (Lipinski definition) is 8. The van der Waals surface area contributed by atoms with Crippen LogP contribution >= 0.6 is 0 Å². The van der Waals surface area contributed by atoms with Gasteiger partial charge in [0.2, 0.25) is 0 Å². The van der Waals surface area contributed by atoms with Gasteiger partial charge in [-0.1, -0.05) is 129 Å². The van der Waals surface area contributed by atoms with Crippen LogP contribution in [0.3, 0.4) is 0 Å². The van der Waals surface area contributed by atoms with Crippen LogP contribution in [0.25, 0.3) is 0 Å². The van der Waals surface area contributed by atoms with Crippen LogP contribution in [-0.2, 0) is 38.1 Å². The van der Waals surface area contributed by atoms with Gasteiger partial charge in [-0.25, -0.2) is 19.2 Å². The molecule has 14 unspecified atom stereocenters. The summed E-state index contributed by atoms with van der Waals surface area (Å²) in [5.74, 6) is 0.866. The fourth-order valence-corrected chi connectivity index (χ4v) is 16.7. The van der Waals surface area contributed by atoms with Crippen molar-refractivity contribution in [1.82, 2.24) is 0 Å². The van der Waals surface area contributed by atoms with E-state index in [9.17, 15) is 19.2 Å². The van der Waals surface area contributed by atoms with E-state index in [1.54, 1.807) is 0 Å². The molecule has 8 saturated carbocycles. The monoisotopic (exact) mass is 883 g/mol. The van der Waals surface area contributed by atoms with E-state index in [1.807, 2.05) is 0 Å². The van der Waals surface area contributed by atoms with Gasteiger partial charge in [-0.15, -0.1) is 0 Å². The molecule has 0 radical (unpaired) electrons. The standard InChI is InChI=1S/C56H82O8/c1-5-49(57)61-53(55(63-51(59)7-3,45-29-25-37-17-9-13-21-41(37)33-45)46-30-26-38-18-10-14-22-42(38)34-46)54(62-50(58)6-2)56(64-52(60)8-4,47-31-27-39-19-11-15-23-43(39)35-47)48-32-28-40-20-12-16-24-44(40)36-48/h5-8,37-48,53-54H,1-4,9-36H2. The van der Waals surface area contributed by atoms with Crippen molar-refractivity contribution in [3.63, 3.8) is 0 Å². The van der Waals surface area contributed by atoms with E-state index in [-0.39, 0.29) is 23.7 Å². The van der Waals surface area contributed by atoms with Crippen LogP contribution in [0.4, 0.5) is 0 Å². The summed E-state index contributed by atoms with van der Waals surface area (Å²) in [4.78, 5) is 57.9. The molecule has 64 heavy (non-hydrogen) atoms. The lowest BCUT2D eigenvalue weighted by Gasteiger charge is -2.60. The third-order valence-corrected chi connectivity index (χ3v) is 19.6. The van der Waals surface area contributed by atoms with Crippen molar-refractivity contribution in [2.45, 2.75) is 203 Å². The first-order valence-corrected chi connectivity index (χ1v) is 26.5. The normalized spacial score (nSPS) is 37.8. The van der Waals surface area contributed by atoms with Crippen LogP contribution in [0, 0.1) is 71.0 Å². The van der Waals surface area contributed by atoms with Crippen molar-refractivity contribution in [3.05, 3.63) is 50.6 Å². The van der Waals surface area contributed by atoms with Crippen LogP contribution < -0.4 is 0 Å². The number of fused-ring (bicyclic) bond motifs is 4. The molecule has 8 heteroatoms. The molecule has 8 aliphatic carbocycles. The highest BCUT2D eigenvalue weighted by Crippen LogP contribution is 2.61. The average molecular weight is 883 g/mol. The molecule has 8 fully saturated rings. The van der Waals surface area contributed by atoms with E-state index in [1.165, 1.54) is 101 Å². The quantitative estimate of drug-likeness (QED) is 0.0910. The van der Waals surface area contributed by atoms with Crippen molar-refractivity contribution in [1.29, 1.82) is 0 Å². The SMILES string of the molecule is C=CC(=O)OC(C(OC(=O)C=C)C(OC(=O)C=C)(C1CCC2CCCCC2C1)C1CCC2CCCCC2C1)C(OC(=O)C=C)(C1CCC2CCCCC2C1)C1CCC2CCCCC2C1. The summed E-state index contributed by atoms with van der Waals surface area (Å²) in [6.07, 6.45) is 31.6. The molecular weight excluding hydrogens is 801 g/mol. The fourth-order valence-electron chi connectivity index (χ4n) is 16.7. The minimum atomic E-state index is -1.42. The number of carbonyl (C=O) groups is 4. The van der Waals surface area contributed by atoms with Gasteiger partial charge in [-0.2, -0.15) is 0 Å². The van der Waals surface area contributed by atoms with Crippen LogP contribution in [-0.4, -0.2) is 47.3 Å². The molecule has 354 valence electrons. The second-order valence-corrected chi connectivity index (χ2v) is 22.3. The molecule has 14 atom stereocenters. The third kappa shape index (κ3) is 9.65.